The number of anilines is 3. The smallest absolute Gasteiger partial charge is 0.323 e. The van der Waals surface area contributed by atoms with Crippen molar-refractivity contribution in [1.82, 2.24) is 10.2 Å². The summed E-state index contributed by atoms with van der Waals surface area (Å²) in [5.41, 5.74) is 2.43. The second-order valence-corrected chi connectivity index (χ2v) is 8.21. The predicted octanol–water partition coefficient (Wildman–Crippen LogP) is 3.50. The third kappa shape index (κ3) is 7.12. The van der Waals surface area contributed by atoms with Crippen molar-refractivity contribution >= 4 is 40.6 Å². The van der Waals surface area contributed by atoms with Crippen LogP contribution in [0.3, 0.4) is 0 Å². The van der Waals surface area contributed by atoms with Crippen molar-refractivity contribution in [3.05, 3.63) is 53.1 Å². The van der Waals surface area contributed by atoms with E-state index in [0.29, 0.717) is 28.5 Å². The summed E-state index contributed by atoms with van der Waals surface area (Å²) in [5.74, 6) is -0.169. The van der Waals surface area contributed by atoms with Crippen LogP contribution in [-0.4, -0.2) is 70.3 Å². The summed E-state index contributed by atoms with van der Waals surface area (Å²) in [6.07, 6.45) is 0.866. The van der Waals surface area contributed by atoms with Crippen LogP contribution in [0.2, 0.25) is 5.02 Å². The van der Waals surface area contributed by atoms with Crippen molar-refractivity contribution < 1.29 is 14.3 Å². The van der Waals surface area contributed by atoms with Crippen LogP contribution in [0.1, 0.15) is 16.8 Å². The first-order valence-electron chi connectivity index (χ1n) is 10.7. The largest absolute Gasteiger partial charge is 0.379 e. The van der Waals surface area contributed by atoms with Crippen LogP contribution in [0, 0.1) is 0 Å². The summed E-state index contributed by atoms with van der Waals surface area (Å²) in [4.78, 5) is 29.4. The zero-order valence-corrected chi connectivity index (χ0v) is 19.2. The third-order valence-corrected chi connectivity index (χ3v) is 5.38. The minimum atomic E-state index is -0.401. The van der Waals surface area contributed by atoms with Crippen molar-refractivity contribution in [2.75, 3.05) is 69.0 Å². The summed E-state index contributed by atoms with van der Waals surface area (Å²) < 4.78 is 5.36. The van der Waals surface area contributed by atoms with Crippen LogP contribution in [0.5, 0.6) is 0 Å². The van der Waals surface area contributed by atoms with Crippen molar-refractivity contribution in [3.8, 4) is 0 Å². The molecular formula is C23H30ClN5O3. The van der Waals surface area contributed by atoms with Gasteiger partial charge in [-0.05, 0) is 55.4 Å². The van der Waals surface area contributed by atoms with E-state index in [9.17, 15) is 9.59 Å². The van der Waals surface area contributed by atoms with Crippen LogP contribution in [0.15, 0.2) is 42.5 Å². The van der Waals surface area contributed by atoms with Gasteiger partial charge in [0.15, 0.2) is 0 Å². The molecule has 2 aromatic rings. The third-order valence-electron chi connectivity index (χ3n) is 5.12. The second-order valence-electron chi connectivity index (χ2n) is 7.78. The molecule has 0 bridgehead atoms. The SMILES string of the molecule is CN(C)c1ccc(NC(=O)Nc2ccc(Cl)cc2)cc1C(=O)NCCCN1CCOCC1. The van der Waals surface area contributed by atoms with Gasteiger partial charge in [-0.15, -0.1) is 0 Å². The zero-order valence-electron chi connectivity index (χ0n) is 18.5. The molecule has 32 heavy (non-hydrogen) atoms. The van der Waals surface area contributed by atoms with Gasteiger partial charge in [0.05, 0.1) is 18.8 Å². The van der Waals surface area contributed by atoms with Crippen molar-refractivity contribution in [3.63, 3.8) is 0 Å². The Morgan fingerprint density at radius 2 is 1.69 bits per heavy atom. The molecule has 0 spiro atoms. The van der Waals surface area contributed by atoms with E-state index in [1.807, 2.05) is 25.1 Å². The molecule has 0 radical (unpaired) electrons. The number of rotatable bonds is 8. The Labute approximate surface area is 193 Å². The van der Waals surface area contributed by atoms with Crippen molar-refractivity contribution in [1.29, 1.82) is 0 Å². The number of carbonyl (C=O) groups is 2. The fraction of sp³-hybridized carbons (Fsp3) is 0.391. The van der Waals surface area contributed by atoms with Gasteiger partial charge in [-0.2, -0.15) is 0 Å². The van der Waals surface area contributed by atoms with Gasteiger partial charge in [0.2, 0.25) is 0 Å². The highest BCUT2D eigenvalue weighted by Gasteiger charge is 2.15. The number of nitrogens with one attached hydrogen (secondary N) is 3. The van der Waals surface area contributed by atoms with Gasteiger partial charge in [0.25, 0.3) is 5.91 Å². The lowest BCUT2D eigenvalue weighted by atomic mass is 10.1. The Kier molecular flexibility index (Phi) is 8.72. The van der Waals surface area contributed by atoms with Gasteiger partial charge in [0, 0.05) is 55.8 Å². The quantitative estimate of drug-likeness (QED) is 0.526. The van der Waals surface area contributed by atoms with Crippen molar-refractivity contribution in [2.45, 2.75) is 6.42 Å². The molecule has 0 aromatic heterocycles. The number of urea groups is 1. The summed E-state index contributed by atoms with van der Waals surface area (Å²) >= 11 is 5.87. The van der Waals surface area contributed by atoms with E-state index in [1.54, 1.807) is 36.4 Å². The number of halogens is 1. The Morgan fingerprint density at radius 1 is 1.03 bits per heavy atom. The summed E-state index contributed by atoms with van der Waals surface area (Å²) in [6, 6.07) is 11.7. The fourth-order valence-corrected chi connectivity index (χ4v) is 3.56. The highest BCUT2D eigenvalue weighted by Crippen LogP contribution is 2.23. The molecule has 1 aliphatic heterocycles. The second kappa shape index (κ2) is 11.7. The Bertz CT molecular complexity index is 914. The van der Waals surface area contributed by atoms with Crippen LogP contribution >= 0.6 is 11.6 Å². The van der Waals surface area contributed by atoms with Gasteiger partial charge >= 0.3 is 6.03 Å². The number of amides is 3. The van der Waals surface area contributed by atoms with Crippen LogP contribution in [0.25, 0.3) is 0 Å². The van der Waals surface area contributed by atoms with E-state index in [2.05, 4.69) is 20.9 Å². The average Bonchev–Trinajstić information content (AvgIpc) is 2.78. The zero-order chi connectivity index (χ0) is 22.9. The average molecular weight is 460 g/mol. The minimum absolute atomic E-state index is 0.169. The molecule has 1 fully saturated rings. The Hall–Kier alpha value is -2.81. The van der Waals surface area contributed by atoms with Gasteiger partial charge < -0.3 is 25.6 Å². The first-order valence-corrected chi connectivity index (χ1v) is 11.0. The first-order chi connectivity index (χ1) is 15.4. The van der Waals surface area contributed by atoms with Crippen LogP contribution < -0.4 is 20.9 Å². The standard InChI is InChI=1S/C23H30ClN5O3/c1-28(2)21-9-8-19(27-23(31)26-18-6-4-17(24)5-7-18)16-20(21)22(30)25-10-3-11-29-12-14-32-15-13-29/h4-9,16H,3,10-15H2,1-2H3,(H,25,30)(H2,26,27,31). The number of morpholine rings is 1. The lowest BCUT2D eigenvalue weighted by Gasteiger charge is -2.26. The molecule has 1 saturated heterocycles. The molecule has 1 heterocycles. The highest BCUT2D eigenvalue weighted by atomic mass is 35.5. The molecular weight excluding hydrogens is 430 g/mol. The molecule has 0 aliphatic carbocycles. The molecule has 0 unspecified atom stereocenters. The van der Waals surface area contributed by atoms with E-state index in [1.165, 1.54) is 0 Å². The molecule has 3 N–H and O–H groups in total. The van der Waals surface area contributed by atoms with Gasteiger partial charge in [-0.3, -0.25) is 9.69 Å². The maximum atomic E-state index is 12.9. The van der Waals surface area contributed by atoms with E-state index >= 15 is 0 Å². The Balaban J connectivity index is 1.58. The van der Waals surface area contributed by atoms with E-state index in [-0.39, 0.29) is 5.91 Å². The molecule has 1 aliphatic rings. The van der Waals surface area contributed by atoms with Gasteiger partial charge in [-0.25, -0.2) is 4.79 Å². The topological polar surface area (TPSA) is 85.9 Å². The minimum Gasteiger partial charge on any atom is -0.379 e. The highest BCUT2D eigenvalue weighted by molar-refractivity contribution is 6.30. The van der Waals surface area contributed by atoms with Gasteiger partial charge in [0.1, 0.15) is 0 Å². The lowest BCUT2D eigenvalue weighted by Crippen LogP contribution is -2.38. The number of ether oxygens (including phenoxy) is 1. The predicted molar refractivity (Wildman–Crippen MR) is 129 cm³/mol. The summed E-state index contributed by atoms with van der Waals surface area (Å²) in [7, 11) is 3.76. The lowest BCUT2D eigenvalue weighted by molar-refractivity contribution is 0.0374. The fourth-order valence-electron chi connectivity index (χ4n) is 3.44. The van der Waals surface area contributed by atoms with Crippen LogP contribution in [0.4, 0.5) is 21.9 Å². The van der Waals surface area contributed by atoms with Gasteiger partial charge in [-0.1, -0.05) is 11.6 Å². The molecule has 0 atom stereocenters. The maximum Gasteiger partial charge on any atom is 0.323 e. The van der Waals surface area contributed by atoms with E-state index in [4.69, 9.17) is 16.3 Å². The molecule has 2 aromatic carbocycles. The first kappa shape index (κ1) is 23.8. The molecule has 172 valence electrons. The van der Waals surface area contributed by atoms with E-state index < -0.39 is 6.03 Å². The summed E-state index contributed by atoms with van der Waals surface area (Å²) in [6.45, 7) is 4.91. The Morgan fingerprint density at radius 3 is 2.38 bits per heavy atom. The number of hydrogen-bond donors (Lipinski definition) is 3. The van der Waals surface area contributed by atoms with Crippen molar-refractivity contribution in [2.24, 2.45) is 0 Å². The van der Waals surface area contributed by atoms with Crippen LogP contribution in [-0.2, 0) is 4.74 Å². The molecule has 3 rings (SSSR count). The monoisotopic (exact) mass is 459 g/mol. The maximum absolute atomic E-state index is 12.9. The molecule has 8 nitrogen and oxygen atoms in total. The molecule has 3 amide bonds. The number of carbonyl (C=O) groups excluding carboxylic acids is 2. The summed E-state index contributed by atoms with van der Waals surface area (Å²) in [5, 5.41) is 9.11. The van der Waals surface area contributed by atoms with E-state index in [0.717, 1.165) is 45.0 Å². The normalized spacial score (nSPS) is 14.0. The number of nitrogens with zero attached hydrogens (tertiary/aromatic N) is 2. The number of hydrogen-bond acceptors (Lipinski definition) is 5. The molecule has 0 saturated carbocycles. The molecule has 9 heteroatoms. The number of benzene rings is 2.